The second-order valence-corrected chi connectivity index (χ2v) is 7.38. The van der Waals surface area contributed by atoms with Crippen LogP contribution in [-0.4, -0.2) is 60.3 Å². The molecule has 0 saturated heterocycles. The highest BCUT2D eigenvalue weighted by atomic mass is 35.5. The predicted octanol–water partition coefficient (Wildman–Crippen LogP) is 3.06. The number of hydrogen-bond donors (Lipinski definition) is 0. The smallest absolute Gasteiger partial charge is 0.344 e. The van der Waals surface area contributed by atoms with E-state index in [9.17, 15) is 9.59 Å². The van der Waals surface area contributed by atoms with Crippen LogP contribution in [0.1, 0.15) is 27.0 Å². The molecule has 1 aromatic carbocycles. The van der Waals surface area contributed by atoms with Gasteiger partial charge in [0.2, 0.25) is 11.7 Å². The van der Waals surface area contributed by atoms with Crippen molar-refractivity contribution >= 4 is 35.0 Å². The Morgan fingerprint density at radius 3 is 2.50 bits per heavy atom. The van der Waals surface area contributed by atoms with E-state index < -0.39 is 5.97 Å². The van der Waals surface area contributed by atoms with Crippen molar-refractivity contribution in [3.8, 4) is 5.88 Å². The highest BCUT2D eigenvalue weighted by Gasteiger charge is 2.24. The predicted molar refractivity (Wildman–Crippen MR) is 108 cm³/mol. The van der Waals surface area contributed by atoms with Crippen LogP contribution in [0, 0.1) is 13.8 Å². The van der Waals surface area contributed by atoms with Crippen molar-refractivity contribution in [2.24, 2.45) is 7.05 Å². The minimum atomic E-state index is -0.530. The van der Waals surface area contributed by atoms with Gasteiger partial charge in [0.1, 0.15) is 12.2 Å². The SMILES string of the molecule is Cc1cc(C(=O)c2cnn(C)c2OCC(=O)OCCN(C)C)c(Cl)c(C)c1Cl. The van der Waals surface area contributed by atoms with Gasteiger partial charge in [-0.25, -0.2) is 9.48 Å². The Balaban J connectivity index is 2.19. The zero-order valence-electron chi connectivity index (χ0n) is 16.5. The van der Waals surface area contributed by atoms with Gasteiger partial charge in [0.25, 0.3) is 0 Å². The summed E-state index contributed by atoms with van der Waals surface area (Å²) in [6, 6.07) is 1.63. The Bertz CT molecular complexity index is 894. The zero-order chi connectivity index (χ0) is 21.0. The molecular formula is C19H23Cl2N3O4. The van der Waals surface area contributed by atoms with Crippen LogP contribution in [0.15, 0.2) is 12.3 Å². The van der Waals surface area contributed by atoms with Crippen LogP contribution in [0.4, 0.5) is 0 Å². The Morgan fingerprint density at radius 1 is 1.18 bits per heavy atom. The van der Waals surface area contributed by atoms with Gasteiger partial charge in [0, 0.05) is 24.2 Å². The number of ether oxygens (including phenoxy) is 2. The summed E-state index contributed by atoms with van der Waals surface area (Å²) < 4.78 is 12.0. The van der Waals surface area contributed by atoms with E-state index in [-0.39, 0.29) is 35.5 Å². The van der Waals surface area contributed by atoms with Crippen molar-refractivity contribution in [3.05, 3.63) is 44.6 Å². The van der Waals surface area contributed by atoms with Crippen molar-refractivity contribution in [1.82, 2.24) is 14.7 Å². The quantitative estimate of drug-likeness (QED) is 0.476. The number of halogens is 2. The van der Waals surface area contributed by atoms with E-state index in [0.717, 1.165) is 5.56 Å². The van der Waals surface area contributed by atoms with Crippen molar-refractivity contribution in [2.45, 2.75) is 13.8 Å². The molecule has 0 saturated carbocycles. The minimum Gasteiger partial charge on any atom is -0.465 e. The van der Waals surface area contributed by atoms with Crippen LogP contribution >= 0.6 is 23.2 Å². The summed E-state index contributed by atoms with van der Waals surface area (Å²) >= 11 is 12.5. The lowest BCUT2D eigenvalue weighted by molar-refractivity contribution is -0.146. The first-order valence-corrected chi connectivity index (χ1v) is 9.34. The maximum atomic E-state index is 13.0. The average Bonchev–Trinajstić information content (AvgIpc) is 3.01. The normalized spacial score (nSPS) is 11.0. The Labute approximate surface area is 174 Å². The summed E-state index contributed by atoms with van der Waals surface area (Å²) in [7, 11) is 5.37. The lowest BCUT2D eigenvalue weighted by Crippen LogP contribution is -2.23. The number of hydrogen-bond acceptors (Lipinski definition) is 6. The average molecular weight is 428 g/mol. The van der Waals surface area contributed by atoms with Crippen molar-refractivity contribution in [2.75, 3.05) is 33.9 Å². The van der Waals surface area contributed by atoms with Crippen LogP contribution in [0.2, 0.25) is 10.0 Å². The topological polar surface area (TPSA) is 73.7 Å². The van der Waals surface area contributed by atoms with E-state index in [4.69, 9.17) is 32.7 Å². The van der Waals surface area contributed by atoms with Crippen molar-refractivity contribution in [3.63, 3.8) is 0 Å². The number of aryl methyl sites for hydroxylation is 2. The molecule has 7 nitrogen and oxygen atoms in total. The molecule has 1 aromatic heterocycles. The molecule has 28 heavy (non-hydrogen) atoms. The first kappa shape index (κ1) is 22.2. The van der Waals surface area contributed by atoms with Gasteiger partial charge in [-0.15, -0.1) is 0 Å². The molecule has 0 spiro atoms. The van der Waals surface area contributed by atoms with Gasteiger partial charge < -0.3 is 14.4 Å². The zero-order valence-corrected chi connectivity index (χ0v) is 18.0. The van der Waals surface area contributed by atoms with E-state index >= 15 is 0 Å². The highest BCUT2D eigenvalue weighted by Crippen LogP contribution is 2.33. The fraction of sp³-hybridized carbons (Fsp3) is 0.421. The highest BCUT2D eigenvalue weighted by molar-refractivity contribution is 6.39. The van der Waals surface area contributed by atoms with Crippen LogP contribution < -0.4 is 4.74 Å². The molecule has 0 aliphatic carbocycles. The van der Waals surface area contributed by atoms with Gasteiger partial charge in [-0.1, -0.05) is 23.2 Å². The summed E-state index contributed by atoms with van der Waals surface area (Å²) in [5.74, 6) is -0.731. The molecule has 0 bridgehead atoms. The number of rotatable bonds is 8. The van der Waals surface area contributed by atoms with Crippen LogP contribution in [0.25, 0.3) is 0 Å². The lowest BCUT2D eigenvalue weighted by atomic mass is 10.0. The molecule has 0 aliphatic rings. The van der Waals surface area contributed by atoms with E-state index in [1.54, 1.807) is 27.0 Å². The monoisotopic (exact) mass is 427 g/mol. The molecular weight excluding hydrogens is 405 g/mol. The molecule has 9 heteroatoms. The lowest BCUT2D eigenvalue weighted by Gasteiger charge is -2.12. The molecule has 152 valence electrons. The maximum Gasteiger partial charge on any atom is 0.344 e. The Hall–Kier alpha value is -2.09. The summed E-state index contributed by atoms with van der Waals surface area (Å²) in [6.07, 6.45) is 1.38. The second kappa shape index (κ2) is 9.41. The molecule has 0 radical (unpaired) electrons. The number of benzene rings is 1. The summed E-state index contributed by atoms with van der Waals surface area (Å²) in [6.45, 7) is 4.07. The third kappa shape index (κ3) is 5.04. The Morgan fingerprint density at radius 2 is 1.86 bits per heavy atom. The summed E-state index contributed by atoms with van der Waals surface area (Å²) in [4.78, 5) is 26.8. The van der Waals surface area contributed by atoms with Crippen LogP contribution in [-0.2, 0) is 16.6 Å². The molecule has 2 aromatic rings. The number of nitrogens with zero attached hydrogens (tertiary/aromatic N) is 3. The second-order valence-electron chi connectivity index (χ2n) is 6.62. The van der Waals surface area contributed by atoms with Crippen LogP contribution in [0.5, 0.6) is 5.88 Å². The van der Waals surface area contributed by atoms with Crippen LogP contribution in [0.3, 0.4) is 0 Å². The third-order valence-electron chi connectivity index (χ3n) is 4.10. The fourth-order valence-corrected chi connectivity index (χ4v) is 2.94. The molecule has 0 aliphatic heterocycles. The van der Waals surface area contributed by atoms with Crippen molar-refractivity contribution in [1.29, 1.82) is 0 Å². The van der Waals surface area contributed by atoms with Crippen molar-refractivity contribution < 1.29 is 19.1 Å². The fourth-order valence-electron chi connectivity index (χ4n) is 2.51. The van der Waals surface area contributed by atoms with E-state index in [0.29, 0.717) is 22.7 Å². The van der Waals surface area contributed by atoms with E-state index in [2.05, 4.69) is 5.10 Å². The van der Waals surface area contributed by atoms with E-state index in [1.807, 2.05) is 19.0 Å². The molecule has 0 atom stereocenters. The maximum absolute atomic E-state index is 13.0. The standard InChI is InChI=1S/C19H23Cl2N3O4/c1-11-8-13(17(21)12(2)16(11)20)18(26)14-9-22-24(5)19(14)28-10-15(25)27-7-6-23(3)4/h8-9H,6-7,10H2,1-5H3. The van der Waals surface area contributed by atoms with Gasteiger partial charge in [-0.05, 0) is 45.1 Å². The molecule has 1 heterocycles. The number of likely N-dealkylation sites (N-methyl/N-ethyl adjacent to an activating group) is 1. The first-order valence-electron chi connectivity index (χ1n) is 8.58. The first-order chi connectivity index (χ1) is 13.1. The molecule has 0 N–H and O–H groups in total. The van der Waals surface area contributed by atoms with Gasteiger partial charge in [-0.3, -0.25) is 4.79 Å². The van der Waals surface area contributed by atoms with Gasteiger partial charge >= 0.3 is 5.97 Å². The number of aromatic nitrogens is 2. The molecule has 2 rings (SSSR count). The number of carbonyl (C=O) groups excluding carboxylic acids is 2. The molecule has 0 amide bonds. The minimum absolute atomic E-state index is 0.163. The number of carbonyl (C=O) groups is 2. The molecule has 0 unspecified atom stereocenters. The molecule has 0 fully saturated rings. The van der Waals surface area contributed by atoms with Gasteiger partial charge in [0.05, 0.1) is 11.2 Å². The van der Waals surface area contributed by atoms with Gasteiger partial charge in [-0.2, -0.15) is 5.10 Å². The summed E-state index contributed by atoms with van der Waals surface area (Å²) in [5.41, 5.74) is 1.87. The number of ketones is 1. The largest absolute Gasteiger partial charge is 0.465 e. The van der Waals surface area contributed by atoms with Gasteiger partial charge in [0.15, 0.2) is 6.61 Å². The third-order valence-corrected chi connectivity index (χ3v) is 5.17. The Kier molecular flexibility index (Phi) is 7.46. The van der Waals surface area contributed by atoms with E-state index in [1.165, 1.54) is 10.9 Å². The summed E-state index contributed by atoms with van der Waals surface area (Å²) in [5, 5.41) is 4.86. The number of esters is 1.